The van der Waals surface area contributed by atoms with E-state index in [1.165, 1.54) is 22.8 Å². The van der Waals surface area contributed by atoms with Crippen LogP contribution in [-0.4, -0.2) is 30.1 Å². The molecule has 0 spiro atoms. The second kappa shape index (κ2) is 10.5. The number of rotatable bonds is 5. The van der Waals surface area contributed by atoms with Crippen LogP contribution in [0, 0.1) is 6.92 Å². The summed E-state index contributed by atoms with van der Waals surface area (Å²) in [4.78, 5) is 30.8. The number of hydrazine groups is 1. The number of aromatic nitrogens is 1. The van der Waals surface area contributed by atoms with Gasteiger partial charge >= 0.3 is 6.03 Å². The van der Waals surface area contributed by atoms with Gasteiger partial charge in [0.25, 0.3) is 5.91 Å². The van der Waals surface area contributed by atoms with Gasteiger partial charge in [0.05, 0.1) is 12.8 Å². The number of anilines is 1. The predicted octanol–water partition coefficient (Wildman–Crippen LogP) is 5.32. The Morgan fingerprint density at radius 2 is 1.73 bits per heavy atom. The van der Waals surface area contributed by atoms with Crippen LogP contribution in [0.4, 0.5) is 9.93 Å². The highest BCUT2D eigenvalue weighted by molar-refractivity contribution is 7.14. The van der Waals surface area contributed by atoms with Gasteiger partial charge in [0.1, 0.15) is 5.75 Å². The van der Waals surface area contributed by atoms with E-state index in [-0.39, 0.29) is 18.0 Å². The first kappa shape index (κ1) is 22.8. The highest BCUT2D eigenvalue weighted by Crippen LogP contribution is 2.28. The minimum absolute atomic E-state index is 0.103. The van der Waals surface area contributed by atoms with Gasteiger partial charge in [-0.1, -0.05) is 37.0 Å². The third-order valence-corrected chi connectivity index (χ3v) is 6.56. The van der Waals surface area contributed by atoms with E-state index >= 15 is 0 Å². The van der Waals surface area contributed by atoms with Crippen LogP contribution in [0.15, 0.2) is 53.9 Å². The lowest BCUT2D eigenvalue weighted by Crippen LogP contribution is -2.53. The van der Waals surface area contributed by atoms with Crippen molar-refractivity contribution in [3.63, 3.8) is 0 Å². The summed E-state index contributed by atoms with van der Waals surface area (Å²) in [5.41, 5.74) is 5.90. The fourth-order valence-electron chi connectivity index (χ4n) is 3.80. The molecule has 1 aliphatic rings. The van der Waals surface area contributed by atoms with Crippen molar-refractivity contribution in [2.75, 3.05) is 12.1 Å². The SMILES string of the molecule is COc1ccc(-c2csc(N(NC(=O)c3ccc(C)cc3)C(=O)NC3CCCCC3)n2)cc1. The zero-order valence-electron chi connectivity index (χ0n) is 18.8. The van der Waals surface area contributed by atoms with Crippen LogP contribution in [0.5, 0.6) is 5.75 Å². The molecule has 2 aromatic carbocycles. The largest absolute Gasteiger partial charge is 0.497 e. The number of hydrogen-bond donors (Lipinski definition) is 2. The van der Waals surface area contributed by atoms with Gasteiger partial charge in [0, 0.05) is 22.5 Å². The van der Waals surface area contributed by atoms with Crippen LogP contribution >= 0.6 is 11.3 Å². The van der Waals surface area contributed by atoms with Gasteiger partial charge < -0.3 is 10.1 Å². The number of urea groups is 1. The lowest BCUT2D eigenvalue weighted by atomic mass is 9.96. The normalized spacial score (nSPS) is 13.9. The Labute approximate surface area is 197 Å². The number of amides is 3. The van der Waals surface area contributed by atoms with E-state index in [0.717, 1.165) is 48.3 Å². The highest BCUT2D eigenvalue weighted by atomic mass is 32.1. The summed E-state index contributed by atoms with van der Waals surface area (Å²) in [6.45, 7) is 1.96. The predicted molar refractivity (Wildman–Crippen MR) is 131 cm³/mol. The number of benzene rings is 2. The number of carbonyl (C=O) groups is 2. The summed E-state index contributed by atoms with van der Waals surface area (Å²) in [5, 5.41) is 6.57. The summed E-state index contributed by atoms with van der Waals surface area (Å²) < 4.78 is 5.22. The maximum Gasteiger partial charge on any atom is 0.343 e. The van der Waals surface area contributed by atoms with Crippen LogP contribution in [0.2, 0.25) is 0 Å². The number of ether oxygens (including phenoxy) is 1. The second-order valence-electron chi connectivity index (χ2n) is 8.17. The van der Waals surface area contributed by atoms with Gasteiger partial charge in [-0.15, -0.1) is 11.3 Å². The molecule has 7 nitrogen and oxygen atoms in total. The summed E-state index contributed by atoms with van der Waals surface area (Å²) in [6.07, 6.45) is 5.28. The third kappa shape index (κ3) is 5.70. The van der Waals surface area contributed by atoms with Crippen molar-refractivity contribution in [3.05, 3.63) is 65.0 Å². The molecular formula is C25H28N4O3S. The number of aryl methyl sites for hydroxylation is 1. The molecule has 0 aliphatic heterocycles. The Balaban J connectivity index is 1.57. The Morgan fingerprint density at radius 3 is 2.39 bits per heavy atom. The van der Waals surface area contributed by atoms with E-state index in [0.29, 0.717) is 10.7 Å². The van der Waals surface area contributed by atoms with Crippen LogP contribution in [0.1, 0.15) is 48.0 Å². The number of nitrogens with zero attached hydrogens (tertiary/aromatic N) is 2. The first-order chi connectivity index (χ1) is 16.0. The zero-order valence-corrected chi connectivity index (χ0v) is 19.7. The summed E-state index contributed by atoms with van der Waals surface area (Å²) in [7, 11) is 1.62. The van der Waals surface area contributed by atoms with Gasteiger partial charge in [-0.25, -0.2) is 9.78 Å². The van der Waals surface area contributed by atoms with Gasteiger partial charge in [0.15, 0.2) is 0 Å². The molecule has 0 bridgehead atoms. The topological polar surface area (TPSA) is 83.6 Å². The Bertz CT molecular complexity index is 1090. The molecule has 0 unspecified atom stereocenters. The second-order valence-corrected chi connectivity index (χ2v) is 9.01. The Morgan fingerprint density at radius 1 is 1.03 bits per heavy atom. The van der Waals surface area contributed by atoms with Crippen LogP contribution in [0.3, 0.4) is 0 Å². The van der Waals surface area contributed by atoms with Crippen molar-refractivity contribution >= 4 is 28.4 Å². The quantitative estimate of drug-likeness (QED) is 0.501. The van der Waals surface area contributed by atoms with E-state index in [9.17, 15) is 9.59 Å². The van der Waals surface area contributed by atoms with E-state index in [4.69, 9.17) is 4.74 Å². The molecule has 0 atom stereocenters. The molecule has 33 heavy (non-hydrogen) atoms. The molecule has 8 heteroatoms. The molecule has 0 radical (unpaired) electrons. The molecule has 1 heterocycles. The molecule has 4 rings (SSSR count). The first-order valence-corrected chi connectivity index (χ1v) is 12.0. The maximum absolute atomic E-state index is 13.2. The molecule has 1 fully saturated rings. The molecule has 3 amide bonds. The third-order valence-electron chi connectivity index (χ3n) is 5.73. The van der Waals surface area contributed by atoms with Crippen molar-refractivity contribution in [2.45, 2.75) is 45.1 Å². The molecule has 2 N–H and O–H groups in total. The van der Waals surface area contributed by atoms with E-state index < -0.39 is 0 Å². The fraction of sp³-hybridized carbons (Fsp3) is 0.320. The van der Waals surface area contributed by atoms with Gasteiger partial charge in [-0.2, -0.15) is 5.01 Å². The van der Waals surface area contributed by atoms with Crippen LogP contribution < -0.4 is 20.5 Å². The molecule has 1 saturated carbocycles. The molecule has 172 valence electrons. The fourth-order valence-corrected chi connectivity index (χ4v) is 4.59. The molecule has 0 saturated heterocycles. The van der Waals surface area contributed by atoms with E-state index in [2.05, 4.69) is 15.7 Å². The van der Waals surface area contributed by atoms with Crippen molar-refractivity contribution in [2.24, 2.45) is 0 Å². The smallest absolute Gasteiger partial charge is 0.343 e. The van der Waals surface area contributed by atoms with E-state index in [1.54, 1.807) is 19.2 Å². The lowest BCUT2D eigenvalue weighted by molar-refractivity contribution is 0.0949. The van der Waals surface area contributed by atoms with Crippen molar-refractivity contribution in [1.29, 1.82) is 0 Å². The molecular weight excluding hydrogens is 436 g/mol. The van der Waals surface area contributed by atoms with Crippen LogP contribution in [0.25, 0.3) is 11.3 Å². The number of thiazole rings is 1. The van der Waals surface area contributed by atoms with Crippen molar-refractivity contribution in [3.8, 4) is 17.0 Å². The minimum atomic E-state index is -0.377. The lowest BCUT2D eigenvalue weighted by Gasteiger charge is -2.27. The molecule has 1 aromatic heterocycles. The van der Waals surface area contributed by atoms with Gasteiger partial charge in [0.2, 0.25) is 5.13 Å². The average Bonchev–Trinajstić information content (AvgIpc) is 3.33. The number of nitrogens with one attached hydrogen (secondary N) is 2. The zero-order chi connectivity index (χ0) is 23.2. The van der Waals surface area contributed by atoms with E-state index in [1.807, 2.05) is 48.7 Å². The first-order valence-electron chi connectivity index (χ1n) is 11.1. The number of carbonyl (C=O) groups excluding carboxylic acids is 2. The Kier molecular flexibility index (Phi) is 7.24. The monoisotopic (exact) mass is 464 g/mol. The van der Waals surface area contributed by atoms with Gasteiger partial charge in [-0.3, -0.25) is 10.2 Å². The molecule has 3 aromatic rings. The van der Waals surface area contributed by atoms with Crippen molar-refractivity contribution < 1.29 is 14.3 Å². The number of hydrogen-bond acceptors (Lipinski definition) is 5. The summed E-state index contributed by atoms with van der Waals surface area (Å²) in [5.74, 6) is 0.392. The minimum Gasteiger partial charge on any atom is -0.497 e. The van der Waals surface area contributed by atoms with Crippen molar-refractivity contribution in [1.82, 2.24) is 15.7 Å². The number of methoxy groups -OCH3 is 1. The van der Waals surface area contributed by atoms with Crippen LogP contribution in [-0.2, 0) is 0 Å². The maximum atomic E-state index is 13.2. The van der Waals surface area contributed by atoms with Gasteiger partial charge in [-0.05, 0) is 56.2 Å². The Hall–Kier alpha value is -3.39. The molecule has 1 aliphatic carbocycles. The summed E-state index contributed by atoms with van der Waals surface area (Å²) in [6, 6.07) is 14.5. The highest BCUT2D eigenvalue weighted by Gasteiger charge is 2.25. The average molecular weight is 465 g/mol. The standard InChI is InChI=1S/C25H28N4O3S/c1-17-8-10-19(11-9-17)23(30)28-29(24(31)26-20-6-4-3-5-7-20)25-27-22(16-33-25)18-12-14-21(32-2)15-13-18/h8-16,20H,3-7H2,1-2H3,(H,26,31)(H,28,30). The summed E-state index contributed by atoms with van der Waals surface area (Å²) >= 11 is 1.30.